The molecule has 164 valence electrons. The van der Waals surface area contributed by atoms with Crippen LogP contribution in [0.5, 0.6) is 5.75 Å². The molecule has 2 amide bonds. The zero-order valence-corrected chi connectivity index (χ0v) is 17.9. The van der Waals surface area contributed by atoms with E-state index in [4.69, 9.17) is 22.1 Å². The van der Waals surface area contributed by atoms with Gasteiger partial charge >= 0.3 is 0 Å². The molecule has 32 heavy (non-hydrogen) atoms. The first-order chi connectivity index (χ1) is 15.4. The van der Waals surface area contributed by atoms with E-state index >= 15 is 0 Å². The second kappa shape index (κ2) is 8.92. The second-order valence-electron chi connectivity index (χ2n) is 7.40. The molecule has 9 heteroatoms. The van der Waals surface area contributed by atoms with Crippen molar-refractivity contribution in [2.45, 2.75) is 24.9 Å². The summed E-state index contributed by atoms with van der Waals surface area (Å²) in [6.07, 6.45) is 3.58. The van der Waals surface area contributed by atoms with E-state index in [-0.39, 0.29) is 10.6 Å². The topological polar surface area (TPSA) is 98.4 Å². The number of hydrogen-bond acceptors (Lipinski definition) is 5. The minimum atomic E-state index is -1.17. The molecule has 0 fully saturated rings. The summed E-state index contributed by atoms with van der Waals surface area (Å²) in [4.78, 5) is 27.9. The lowest BCUT2D eigenvalue weighted by Crippen LogP contribution is -2.43. The molecule has 4 rings (SSSR count). The Bertz CT molecular complexity index is 1180. The average Bonchev–Trinajstić information content (AvgIpc) is 3.20. The van der Waals surface area contributed by atoms with Crippen LogP contribution in [0.4, 0.5) is 4.39 Å². The third-order valence-electron chi connectivity index (χ3n) is 5.60. The van der Waals surface area contributed by atoms with Crippen molar-refractivity contribution >= 4 is 23.4 Å². The molecule has 3 aromatic rings. The second-order valence-corrected chi connectivity index (χ2v) is 7.84. The molecule has 2 N–H and O–H groups in total. The third kappa shape index (κ3) is 3.89. The molecule has 1 aromatic heterocycles. The van der Waals surface area contributed by atoms with Gasteiger partial charge in [-0.15, -0.1) is 0 Å². The van der Waals surface area contributed by atoms with E-state index in [1.54, 1.807) is 36.4 Å². The predicted molar refractivity (Wildman–Crippen MR) is 116 cm³/mol. The van der Waals surface area contributed by atoms with Crippen molar-refractivity contribution in [1.29, 1.82) is 0 Å². The fourth-order valence-electron chi connectivity index (χ4n) is 4.23. The van der Waals surface area contributed by atoms with Crippen LogP contribution in [0, 0.1) is 5.82 Å². The van der Waals surface area contributed by atoms with Gasteiger partial charge < -0.3 is 15.4 Å². The number of methoxy groups -OCH3 is 1. The molecule has 1 heterocycles. The molecule has 1 aliphatic rings. The maximum atomic E-state index is 14.6. The number of hydrogen-bond donors (Lipinski definition) is 1. The highest BCUT2D eigenvalue weighted by Gasteiger charge is 2.41. The van der Waals surface area contributed by atoms with Gasteiger partial charge in [0.25, 0.3) is 5.91 Å². The largest absolute Gasteiger partial charge is 0.496 e. The summed E-state index contributed by atoms with van der Waals surface area (Å²) in [6.45, 7) is 0. The van der Waals surface area contributed by atoms with Gasteiger partial charge in [0.15, 0.2) is 0 Å². The third-order valence-corrected chi connectivity index (χ3v) is 5.82. The standard InChI is InChI=1S/C23H20ClFN4O3/c1-32-20-5-3-2-4-16(20)23(31)29(21(22(26)30)13-8-9-27-28-12-13)19-7-6-15-17(19)10-14(24)11-18(15)25/h2-5,8-12,19,21H,6-7H2,1H3,(H2,26,30)/t19-,21-/m1/s1. The number of nitrogens with zero attached hydrogens (tertiary/aromatic N) is 3. The molecule has 7 nitrogen and oxygen atoms in total. The number of halogens is 2. The molecule has 0 spiro atoms. The Morgan fingerprint density at radius 3 is 2.72 bits per heavy atom. The van der Waals surface area contributed by atoms with Crippen LogP contribution in [0.25, 0.3) is 0 Å². The van der Waals surface area contributed by atoms with Crippen LogP contribution in [-0.4, -0.2) is 34.0 Å². The van der Waals surface area contributed by atoms with Crippen molar-refractivity contribution in [1.82, 2.24) is 15.1 Å². The molecular weight excluding hydrogens is 435 g/mol. The number of nitrogens with two attached hydrogens (primary N) is 1. The van der Waals surface area contributed by atoms with E-state index in [0.29, 0.717) is 35.3 Å². The van der Waals surface area contributed by atoms with Crippen LogP contribution in [0.15, 0.2) is 54.9 Å². The van der Waals surface area contributed by atoms with Crippen LogP contribution in [0.2, 0.25) is 5.02 Å². The number of aromatic nitrogens is 2. The Morgan fingerprint density at radius 2 is 2.03 bits per heavy atom. The average molecular weight is 455 g/mol. The highest BCUT2D eigenvalue weighted by molar-refractivity contribution is 6.30. The molecule has 0 saturated carbocycles. The number of carbonyl (C=O) groups is 2. The first-order valence-corrected chi connectivity index (χ1v) is 10.3. The highest BCUT2D eigenvalue weighted by atomic mass is 35.5. The van der Waals surface area contributed by atoms with E-state index in [2.05, 4.69) is 10.2 Å². The number of amides is 2. The molecule has 2 atom stereocenters. The fraction of sp³-hybridized carbons (Fsp3) is 0.217. The number of benzene rings is 2. The Hall–Kier alpha value is -3.52. The lowest BCUT2D eigenvalue weighted by Gasteiger charge is -2.36. The van der Waals surface area contributed by atoms with Gasteiger partial charge in [-0.05, 0) is 54.3 Å². The SMILES string of the molecule is COc1ccccc1C(=O)N([C@@H]1CCc2c(F)cc(Cl)cc21)[C@@H](C(N)=O)c1ccnnc1. The van der Waals surface area contributed by atoms with Gasteiger partial charge in [0, 0.05) is 16.8 Å². The van der Waals surface area contributed by atoms with Gasteiger partial charge in [-0.25, -0.2) is 4.39 Å². The van der Waals surface area contributed by atoms with Crippen LogP contribution < -0.4 is 10.5 Å². The molecule has 0 aliphatic heterocycles. The Balaban J connectivity index is 1.91. The van der Waals surface area contributed by atoms with Crippen molar-refractivity contribution in [2.24, 2.45) is 5.73 Å². The first-order valence-electron chi connectivity index (χ1n) is 9.91. The number of carbonyl (C=O) groups excluding carboxylic acids is 2. The van der Waals surface area contributed by atoms with E-state index in [9.17, 15) is 14.0 Å². The summed E-state index contributed by atoms with van der Waals surface area (Å²) >= 11 is 6.13. The first kappa shape index (κ1) is 21.7. The van der Waals surface area contributed by atoms with Crippen molar-refractivity contribution in [3.63, 3.8) is 0 Å². The number of primary amides is 1. The summed E-state index contributed by atoms with van der Waals surface area (Å²) in [5.41, 5.74) is 7.45. The minimum absolute atomic E-state index is 0.207. The summed E-state index contributed by atoms with van der Waals surface area (Å²) in [7, 11) is 1.45. The number of fused-ring (bicyclic) bond motifs is 1. The molecule has 0 bridgehead atoms. The summed E-state index contributed by atoms with van der Waals surface area (Å²) in [6, 6.07) is 9.32. The number of rotatable bonds is 6. The maximum Gasteiger partial charge on any atom is 0.259 e. The Morgan fingerprint density at radius 1 is 1.25 bits per heavy atom. The van der Waals surface area contributed by atoms with Gasteiger partial charge in [0.2, 0.25) is 5.91 Å². The molecule has 0 unspecified atom stereocenters. The highest BCUT2D eigenvalue weighted by Crippen LogP contribution is 2.43. The lowest BCUT2D eigenvalue weighted by molar-refractivity contribution is -0.123. The number of ether oxygens (including phenoxy) is 1. The molecule has 0 saturated heterocycles. The van der Waals surface area contributed by atoms with Gasteiger partial charge in [0.05, 0.1) is 24.9 Å². The van der Waals surface area contributed by atoms with Gasteiger partial charge in [0.1, 0.15) is 17.6 Å². The molecule has 2 aromatic carbocycles. The molecule has 0 radical (unpaired) electrons. The van der Waals surface area contributed by atoms with Crippen molar-refractivity contribution in [3.8, 4) is 5.75 Å². The smallest absolute Gasteiger partial charge is 0.259 e. The van der Waals surface area contributed by atoms with E-state index < -0.39 is 29.7 Å². The Kier molecular flexibility index (Phi) is 6.05. The molecular formula is C23H20ClFN4O3. The van der Waals surface area contributed by atoms with Gasteiger partial charge in [-0.2, -0.15) is 10.2 Å². The number of para-hydroxylation sites is 1. The quantitative estimate of drug-likeness (QED) is 0.613. The van der Waals surface area contributed by atoms with E-state index in [0.717, 1.165) is 0 Å². The minimum Gasteiger partial charge on any atom is -0.496 e. The van der Waals surface area contributed by atoms with Crippen LogP contribution >= 0.6 is 11.6 Å². The summed E-state index contributed by atoms with van der Waals surface area (Å²) < 4.78 is 20.0. The predicted octanol–water partition coefficient (Wildman–Crippen LogP) is 3.63. The Labute approximate surface area is 189 Å². The fourth-order valence-corrected chi connectivity index (χ4v) is 4.45. The normalized spacial score (nSPS) is 15.7. The van der Waals surface area contributed by atoms with Crippen molar-refractivity contribution in [2.75, 3.05) is 7.11 Å². The zero-order valence-electron chi connectivity index (χ0n) is 17.2. The monoisotopic (exact) mass is 454 g/mol. The van der Waals surface area contributed by atoms with Crippen molar-refractivity contribution in [3.05, 3.63) is 88.0 Å². The van der Waals surface area contributed by atoms with E-state index in [1.165, 1.54) is 30.5 Å². The van der Waals surface area contributed by atoms with Crippen molar-refractivity contribution < 1.29 is 18.7 Å². The summed E-state index contributed by atoms with van der Waals surface area (Å²) in [5, 5.41) is 7.78. The van der Waals surface area contributed by atoms with Crippen LogP contribution in [0.1, 0.15) is 45.6 Å². The maximum absolute atomic E-state index is 14.6. The van der Waals surface area contributed by atoms with Gasteiger partial charge in [-0.1, -0.05) is 23.7 Å². The van der Waals surface area contributed by atoms with Crippen LogP contribution in [0.3, 0.4) is 0 Å². The van der Waals surface area contributed by atoms with Crippen LogP contribution in [-0.2, 0) is 11.2 Å². The summed E-state index contributed by atoms with van der Waals surface area (Å²) in [5.74, 6) is -1.34. The lowest BCUT2D eigenvalue weighted by atomic mass is 9.98. The van der Waals surface area contributed by atoms with Gasteiger partial charge in [-0.3, -0.25) is 9.59 Å². The molecule has 1 aliphatic carbocycles. The zero-order chi connectivity index (χ0) is 22.8. The van der Waals surface area contributed by atoms with E-state index in [1.807, 2.05) is 0 Å².